The van der Waals surface area contributed by atoms with E-state index in [2.05, 4.69) is 73.5 Å². The van der Waals surface area contributed by atoms with Gasteiger partial charge in [0.2, 0.25) is 6.33 Å². The summed E-state index contributed by atoms with van der Waals surface area (Å²) in [6.07, 6.45) is 19.7. The molecule has 3 aromatic rings. The molecule has 0 aliphatic heterocycles. The van der Waals surface area contributed by atoms with Crippen molar-refractivity contribution in [3.63, 3.8) is 0 Å². The molecule has 0 spiro atoms. The van der Waals surface area contributed by atoms with Gasteiger partial charge in [0.25, 0.3) is 0 Å². The number of fused-ring (bicyclic) bond motifs is 3. The Balaban J connectivity index is 1.59. The molecule has 0 N–H and O–H groups in total. The van der Waals surface area contributed by atoms with E-state index < -0.39 is 0 Å². The van der Waals surface area contributed by atoms with Gasteiger partial charge in [-0.25, -0.2) is 4.57 Å². The fourth-order valence-electron chi connectivity index (χ4n) is 7.93. The van der Waals surface area contributed by atoms with Gasteiger partial charge >= 0.3 is 0 Å². The minimum atomic E-state index is 0.334. The smallest absolute Gasteiger partial charge is 0.229 e. The summed E-state index contributed by atoms with van der Waals surface area (Å²) in [4.78, 5) is 0. The Labute approximate surface area is 237 Å². The lowest BCUT2D eigenvalue weighted by molar-refractivity contribution is -0.686. The first kappa shape index (κ1) is 27.9. The van der Waals surface area contributed by atoms with Crippen molar-refractivity contribution in [1.29, 1.82) is 5.26 Å². The van der Waals surface area contributed by atoms with Crippen molar-refractivity contribution < 1.29 is 4.57 Å². The van der Waals surface area contributed by atoms with Crippen LogP contribution in [0, 0.1) is 22.7 Å². The molecule has 3 unspecified atom stereocenters. The number of nitriles is 1. The fourth-order valence-corrected chi connectivity index (χ4v) is 7.93. The Morgan fingerprint density at radius 3 is 2.38 bits per heavy atom. The van der Waals surface area contributed by atoms with Crippen LogP contribution in [0.1, 0.15) is 140 Å². The minimum absolute atomic E-state index is 0.334. The Kier molecular flexibility index (Phi) is 8.80. The highest BCUT2D eigenvalue weighted by Crippen LogP contribution is 2.54. The molecule has 2 aromatic carbocycles. The Morgan fingerprint density at radius 1 is 0.923 bits per heavy atom. The van der Waals surface area contributed by atoms with Crippen molar-refractivity contribution in [3.05, 3.63) is 59.4 Å². The molecule has 0 saturated heterocycles. The second kappa shape index (κ2) is 12.3. The normalized spacial score (nSPS) is 20.3. The third-order valence-electron chi connectivity index (χ3n) is 10.6. The molecule has 0 amide bonds. The minimum Gasteiger partial charge on any atom is -0.229 e. The lowest BCUT2D eigenvalue weighted by atomic mass is 9.60. The third-order valence-corrected chi connectivity index (χ3v) is 10.6. The molecule has 1 heterocycles. The van der Waals surface area contributed by atoms with Gasteiger partial charge in [-0.3, -0.25) is 0 Å². The molecule has 3 aliphatic carbocycles. The largest absolute Gasteiger partial charge is 0.250 e. The highest BCUT2D eigenvalue weighted by atomic mass is 15.1. The molecule has 3 aliphatic rings. The van der Waals surface area contributed by atoms with Crippen LogP contribution in [0.4, 0.5) is 0 Å². The van der Waals surface area contributed by atoms with E-state index in [-0.39, 0.29) is 0 Å². The SMILES string of the molecule is CCCCCCC(CC)(CC)C[n+]1cn(-c2ccc(C#N)cc2)c2cc3c(cc21)C1CCC3CC1CCCC. The predicted molar refractivity (Wildman–Crippen MR) is 162 cm³/mol. The first-order chi connectivity index (χ1) is 19.1. The van der Waals surface area contributed by atoms with E-state index in [4.69, 9.17) is 0 Å². The van der Waals surface area contributed by atoms with Crippen LogP contribution < -0.4 is 4.57 Å². The number of nitrogens with zero attached hydrogens (tertiary/aromatic N) is 3. The lowest BCUT2D eigenvalue weighted by Gasteiger charge is -2.44. The number of aromatic nitrogens is 2. The van der Waals surface area contributed by atoms with Crippen LogP contribution in [0.5, 0.6) is 0 Å². The van der Waals surface area contributed by atoms with Gasteiger partial charge in [-0.15, -0.1) is 0 Å². The highest BCUT2D eigenvalue weighted by Gasteiger charge is 2.41. The monoisotopic (exact) mass is 524 g/mol. The second-order valence-electron chi connectivity index (χ2n) is 12.8. The van der Waals surface area contributed by atoms with E-state index in [0.29, 0.717) is 5.41 Å². The molecule has 0 radical (unpaired) electrons. The maximum Gasteiger partial charge on any atom is 0.250 e. The summed E-state index contributed by atoms with van der Waals surface area (Å²) in [5.74, 6) is 2.33. The molecular weight excluding hydrogens is 474 g/mol. The van der Waals surface area contributed by atoms with Gasteiger partial charge in [0.15, 0.2) is 11.0 Å². The Bertz CT molecular complexity index is 1290. The van der Waals surface area contributed by atoms with Gasteiger partial charge in [-0.05, 0) is 110 Å². The zero-order chi connectivity index (χ0) is 27.4. The molecule has 3 nitrogen and oxygen atoms in total. The van der Waals surface area contributed by atoms with Gasteiger partial charge in [0.05, 0.1) is 18.2 Å². The van der Waals surface area contributed by atoms with Crippen molar-refractivity contribution >= 4 is 11.0 Å². The zero-order valence-corrected chi connectivity index (χ0v) is 25.0. The van der Waals surface area contributed by atoms with Crippen molar-refractivity contribution in [2.75, 3.05) is 0 Å². The van der Waals surface area contributed by atoms with Crippen molar-refractivity contribution in [3.8, 4) is 11.8 Å². The molecule has 2 bridgehead atoms. The van der Waals surface area contributed by atoms with Crippen LogP contribution in [0.25, 0.3) is 16.7 Å². The number of hydrogen-bond acceptors (Lipinski definition) is 1. The van der Waals surface area contributed by atoms with Crippen molar-refractivity contribution in [1.82, 2.24) is 4.57 Å². The number of hydrogen-bond donors (Lipinski definition) is 0. The van der Waals surface area contributed by atoms with Gasteiger partial charge in [-0.1, -0.05) is 66.2 Å². The standard InChI is InChI=1S/C36H50N3/c1-5-9-11-12-20-36(7-3,8-4)25-38-26-39(30-17-14-27(24-37)15-18-30)35-22-32-29-16-19-31(33(32)23-34(35)38)28(21-29)13-10-6-2/h14-15,17-18,22-23,26,28-29,31H,5-13,16,19-21,25H2,1-4H3/q+1. The van der Waals surface area contributed by atoms with Crippen LogP contribution in [0.3, 0.4) is 0 Å². The topological polar surface area (TPSA) is 32.6 Å². The van der Waals surface area contributed by atoms with Crippen molar-refractivity contribution in [2.45, 2.75) is 130 Å². The van der Waals surface area contributed by atoms with E-state index in [1.807, 2.05) is 12.1 Å². The van der Waals surface area contributed by atoms with Crippen LogP contribution in [0.2, 0.25) is 0 Å². The summed E-state index contributed by atoms with van der Waals surface area (Å²) in [6.45, 7) is 10.5. The lowest BCUT2D eigenvalue weighted by Crippen LogP contribution is -2.43. The molecule has 1 saturated carbocycles. The quantitative estimate of drug-likeness (QED) is 0.162. The summed E-state index contributed by atoms with van der Waals surface area (Å²) >= 11 is 0. The number of imidazole rings is 1. The van der Waals surface area contributed by atoms with E-state index >= 15 is 0 Å². The van der Waals surface area contributed by atoms with E-state index in [1.165, 1.54) is 94.5 Å². The molecule has 1 aromatic heterocycles. The van der Waals surface area contributed by atoms with Crippen LogP contribution in [-0.4, -0.2) is 4.57 Å². The summed E-state index contributed by atoms with van der Waals surface area (Å²) in [5.41, 5.74) is 8.24. The van der Waals surface area contributed by atoms with Crippen LogP contribution in [0.15, 0.2) is 42.7 Å². The number of benzene rings is 2. The maximum absolute atomic E-state index is 9.37. The molecule has 1 fully saturated rings. The van der Waals surface area contributed by atoms with Crippen LogP contribution >= 0.6 is 0 Å². The first-order valence-corrected chi connectivity index (χ1v) is 16.1. The van der Waals surface area contributed by atoms with Crippen molar-refractivity contribution in [2.24, 2.45) is 11.3 Å². The van der Waals surface area contributed by atoms with Crippen LogP contribution in [-0.2, 0) is 6.54 Å². The maximum atomic E-state index is 9.37. The van der Waals surface area contributed by atoms with E-state index in [0.717, 1.165) is 35.5 Å². The van der Waals surface area contributed by atoms with Gasteiger partial charge < -0.3 is 0 Å². The second-order valence-corrected chi connectivity index (χ2v) is 12.8. The number of rotatable bonds is 13. The summed E-state index contributed by atoms with van der Waals surface area (Å²) in [6, 6.07) is 15.6. The van der Waals surface area contributed by atoms with Gasteiger partial charge in [0.1, 0.15) is 5.69 Å². The average molecular weight is 525 g/mol. The summed E-state index contributed by atoms with van der Waals surface area (Å²) < 4.78 is 5.00. The van der Waals surface area contributed by atoms with Gasteiger partial charge in [-0.2, -0.15) is 9.83 Å². The zero-order valence-electron chi connectivity index (χ0n) is 25.0. The highest BCUT2D eigenvalue weighted by molar-refractivity contribution is 5.77. The fraction of sp³-hybridized carbons (Fsp3) is 0.611. The predicted octanol–water partition coefficient (Wildman–Crippen LogP) is 9.74. The third kappa shape index (κ3) is 5.54. The summed E-state index contributed by atoms with van der Waals surface area (Å²) in [7, 11) is 0. The van der Waals surface area contributed by atoms with E-state index in [1.54, 1.807) is 11.1 Å². The molecule has 6 rings (SSSR count). The summed E-state index contributed by atoms with van der Waals surface area (Å²) in [5, 5.41) is 9.37. The van der Waals surface area contributed by atoms with Gasteiger partial charge in [0, 0.05) is 5.41 Å². The molecular formula is C36H50N3+. The molecule has 208 valence electrons. The molecule has 3 atom stereocenters. The Morgan fingerprint density at radius 2 is 1.69 bits per heavy atom. The number of unbranched alkanes of at least 4 members (excludes halogenated alkanes) is 4. The van der Waals surface area contributed by atoms with E-state index in [9.17, 15) is 5.26 Å². The Hall–Kier alpha value is -2.60. The molecule has 39 heavy (non-hydrogen) atoms. The average Bonchev–Trinajstić information content (AvgIpc) is 3.33. The molecule has 3 heteroatoms. The first-order valence-electron chi connectivity index (χ1n) is 16.1.